The van der Waals surface area contributed by atoms with Crippen molar-refractivity contribution in [2.45, 2.75) is 18.6 Å². The number of carbonyl (C=O) groups is 1. The van der Waals surface area contributed by atoms with Crippen molar-refractivity contribution in [1.29, 1.82) is 0 Å². The molecule has 0 unspecified atom stereocenters. The fourth-order valence-corrected chi connectivity index (χ4v) is 3.33. The summed E-state index contributed by atoms with van der Waals surface area (Å²) in [6.07, 6.45) is 0. The molecule has 0 atom stereocenters. The Labute approximate surface area is 151 Å². The van der Waals surface area contributed by atoms with Crippen LogP contribution in [0, 0.1) is 0 Å². The molecule has 0 aliphatic heterocycles. The van der Waals surface area contributed by atoms with Gasteiger partial charge in [-0.05, 0) is 24.6 Å². The highest BCUT2D eigenvalue weighted by atomic mass is 35.5. The van der Waals surface area contributed by atoms with Crippen molar-refractivity contribution in [2.75, 3.05) is 5.75 Å². The normalized spacial score (nSPS) is 11.2. The highest BCUT2D eigenvalue weighted by Crippen LogP contribution is 2.23. The third-order valence-corrected chi connectivity index (χ3v) is 5.00. The fraction of sp³-hybridized carbons (Fsp3) is 0.250. The molecule has 0 fully saturated rings. The number of aromatic nitrogens is 4. The Morgan fingerprint density at radius 1 is 1.28 bits per heavy atom. The molecule has 0 saturated heterocycles. The van der Waals surface area contributed by atoms with Gasteiger partial charge in [-0.2, -0.15) is 0 Å². The van der Waals surface area contributed by atoms with Crippen molar-refractivity contribution in [1.82, 2.24) is 19.1 Å². The summed E-state index contributed by atoms with van der Waals surface area (Å²) in [5, 5.41) is 1.12. The number of Topliss-reactive ketones (excluding diaryl/α,β-unsaturated/α-hetero) is 1. The van der Waals surface area contributed by atoms with Gasteiger partial charge in [-0.15, -0.1) is 0 Å². The van der Waals surface area contributed by atoms with E-state index in [0.717, 1.165) is 5.56 Å². The Kier molecular flexibility index (Phi) is 4.82. The zero-order valence-electron chi connectivity index (χ0n) is 13.6. The maximum absolute atomic E-state index is 12.3. The van der Waals surface area contributed by atoms with E-state index in [4.69, 9.17) is 11.6 Å². The maximum atomic E-state index is 12.3. The van der Waals surface area contributed by atoms with Gasteiger partial charge in [0.2, 0.25) is 0 Å². The van der Waals surface area contributed by atoms with Crippen LogP contribution in [0.15, 0.2) is 39.0 Å². The van der Waals surface area contributed by atoms with Crippen molar-refractivity contribution >= 4 is 40.3 Å². The van der Waals surface area contributed by atoms with Gasteiger partial charge < -0.3 is 4.57 Å². The summed E-state index contributed by atoms with van der Waals surface area (Å²) in [6.45, 7) is 1.86. The zero-order valence-corrected chi connectivity index (χ0v) is 15.1. The number of hydrogen-bond acceptors (Lipinski definition) is 5. The van der Waals surface area contributed by atoms with E-state index in [0.29, 0.717) is 22.2 Å². The monoisotopic (exact) mass is 378 g/mol. The molecule has 0 aliphatic rings. The number of rotatable bonds is 5. The van der Waals surface area contributed by atoms with Gasteiger partial charge in [-0.3, -0.25) is 19.1 Å². The molecular formula is C16H15ClN4O3S. The lowest BCUT2D eigenvalue weighted by atomic mass is 10.2. The van der Waals surface area contributed by atoms with Crippen molar-refractivity contribution in [3.63, 3.8) is 0 Å². The molecule has 2 heterocycles. The van der Waals surface area contributed by atoms with E-state index in [1.807, 2.05) is 12.1 Å². The van der Waals surface area contributed by atoms with Crippen LogP contribution in [0.4, 0.5) is 0 Å². The van der Waals surface area contributed by atoms with Crippen molar-refractivity contribution in [2.24, 2.45) is 7.05 Å². The fourth-order valence-electron chi connectivity index (χ4n) is 2.41. The van der Waals surface area contributed by atoms with E-state index in [1.165, 1.54) is 23.3 Å². The van der Waals surface area contributed by atoms with Gasteiger partial charge >= 0.3 is 5.69 Å². The Hall–Kier alpha value is -2.32. The Balaban J connectivity index is 2.18. The van der Waals surface area contributed by atoms with Crippen LogP contribution in [-0.4, -0.2) is 30.6 Å². The second kappa shape index (κ2) is 6.89. The first-order valence-corrected chi connectivity index (χ1v) is 8.79. The standard InChI is InChI=1S/C16H15ClN4O3S/c1-9(22)8-25-16-18-13-12(14(23)19-15(24)20(13)2)21(16)7-10-3-5-11(17)6-4-10/h3-6H,7-8H2,1-2H3,(H,19,23,24). The molecular weight excluding hydrogens is 364 g/mol. The number of ketones is 1. The molecule has 1 N–H and O–H groups in total. The molecule has 2 aromatic heterocycles. The second-order valence-corrected chi connectivity index (χ2v) is 6.97. The summed E-state index contributed by atoms with van der Waals surface area (Å²) >= 11 is 7.15. The van der Waals surface area contributed by atoms with E-state index in [-0.39, 0.29) is 17.2 Å². The van der Waals surface area contributed by atoms with Crippen molar-refractivity contribution in [3.8, 4) is 0 Å². The SMILES string of the molecule is CC(=O)CSc1nc2c(c(=O)[nH]c(=O)n2C)n1Cc1ccc(Cl)cc1. The Morgan fingerprint density at radius 3 is 2.60 bits per heavy atom. The van der Waals surface area contributed by atoms with Crippen molar-refractivity contribution < 1.29 is 4.79 Å². The lowest BCUT2D eigenvalue weighted by Gasteiger charge is -2.08. The predicted octanol–water partition coefficient (Wildman–Crippen LogP) is 1.81. The number of benzene rings is 1. The molecule has 130 valence electrons. The van der Waals surface area contributed by atoms with E-state index in [2.05, 4.69) is 9.97 Å². The Morgan fingerprint density at radius 2 is 1.96 bits per heavy atom. The summed E-state index contributed by atoms with van der Waals surface area (Å²) in [4.78, 5) is 42.2. The molecule has 3 aromatic rings. The third kappa shape index (κ3) is 3.54. The van der Waals surface area contributed by atoms with Crippen LogP contribution in [0.2, 0.25) is 5.02 Å². The zero-order chi connectivity index (χ0) is 18.1. The number of fused-ring (bicyclic) bond motifs is 1. The lowest BCUT2D eigenvalue weighted by molar-refractivity contribution is -0.114. The highest BCUT2D eigenvalue weighted by Gasteiger charge is 2.18. The third-order valence-electron chi connectivity index (χ3n) is 3.63. The second-order valence-electron chi connectivity index (χ2n) is 5.59. The quantitative estimate of drug-likeness (QED) is 0.684. The average Bonchev–Trinajstić information content (AvgIpc) is 2.92. The summed E-state index contributed by atoms with van der Waals surface area (Å²) in [5.74, 6) is 0.230. The summed E-state index contributed by atoms with van der Waals surface area (Å²) < 4.78 is 3.00. The lowest BCUT2D eigenvalue weighted by Crippen LogP contribution is -2.29. The smallest absolute Gasteiger partial charge is 0.309 e. The topological polar surface area (TPSA) is 89.8 Å². The minimum atomic E-state index is -0.531. The number of H-pyrrole nitrogens is 1. The largest absolute Gasteiger partial charge is 0.329 e. The first kappa shape index (κ1) is 17.5. The molecule has 7 nitrogen and oxygen atoms in total. The van der Waals surface area contributed by atoms with Crippen LogP contribution in [0.5, 0.6) is 0 Å². The van der Waals surface area contributed by atoms with E-state index >= 15 is 0 Å². The first-order chi connectivity index (χ1) is 11.9. The molecule has 0 amide bonds. The summed E-state index contributed by atoms with van der Waals surface area (Å²) in [7, 11) is 1.54. The Bertz CT molecular complexity index is 1070. The van der Waals surface area contributed by atoms with Gasteiger partial charge in [-0.25, -0.2) is 9.78 Å². The number of nitrogens with zero attached hydrogens (tertiary/aromatic N) is 3. The first-order valence-electron chi connectivity index (χ1n) is 7.43. The highest BCUT2D eigenvalue weighted by molar-refractivity contribution is 7.99. The van der Waals surface area contributed by atoms with E-state index < -0.39 is 11.2 Å². The van der Waals surface area contributed by atoms with Crippen LogP contribution in [-0.2, 0) is 18.4 Å². The maximum Gasteiger partial charge on any atom is 0.329 e. The number of imidazole rings is 1. The molecule has 25 heavy (non-hydrogen) atoms. The molecule has 0 spiro atoms. The van der Waals surface area contributed by atoms with Crippen molar-refractivity contribution in [3.05, 3.63) is 55.7 Å². The van der Waals surface area contributed by atoms with Gasteiger partial charge in [-0.1, -0.05) is 35.5 Å². The van der Waals surface area contributed by atoms with E-state index in [1.54, 1.807) is 23.7 Å². The van der Waals surface area contributed by atoms with Crippen LogP contribution < -0.4 is 11.2 Å². The van der Waals surface area contributed by atoms with Crippen LogP contribution >= 0.6 is 23.4 Å². The van der Waals surface area contributed by atoms with Gasteiger partial charge in [0.15, 0.2) is 16.3 Å². The molecule has 0 radical (unpaired) electrons. The van der Waals surface area contributed by atoms with Gasteiger partial charge in [0.05, 0.1) is 12.3 Å². The minimum absolute atomic E-state index is 0.00195. The van der Waals surface area contributed by atoms with Gasteiger partial charge in [0.25, 0.3) is 5.56 Å². The molecule has 0 saturated carbocycles. The number of aryl methyl sites for hydroxylation is 1. The van der Waals surface area contributed by atoms with Crippen LogP contribution in [0.3, 0.4) is 0 Å². The molecule has 1 aromatic carbocycles. The number of carbonyl (C=O) groups excluding carboxylic acids is 1. The van der Waals surface area contributed by atoms with Crippen LogP contribution in [0.25, 0.3) is 11.2 Å². The number of halogens is 1. The average molecular weight is 379 g/mol. The van der Waals surface area contributed by atoms with Gasteiger partial charge in [0.1, 0.15) is 5.78 Å². The number of aromatic amines is 1. The number of thioether (sulfide) groups is 1. The minimum Gasteiger partial charge on any atom is -0.309 e. The molecule has 0 aliphatic carbocycles. The number of nitrogens with one attached hydrogen (secondary N) is 1. The van der Waals surface area contributed by atoms with E-state index in [9.17, 15) is 14.4 Å². The molecule has 3 rings (SSSR count). The summed E-state index contributed by atoms with van der Waals surface area (Å²) in [5.41, 5.74) is 0.462. The number of hydrogen-bond donors (Lipinski definition) is 1. The predicted molar refractivity (Wildman–Crippen MR) is 97.6 cm³/mol. The van der Waals surface area contributed by atoms with Crippen LogP contribution in [0.1, 0.15) is 12.5 Å². The summed E-state index contributed by atoms with van der Waals surface area (Å²) in [6, 6.07) is 7.23. The molecule has 0 bridgehead atoms. The molecule has 9 heteroatoms. The van der Waals surface area contributed by atoms with Gasteiger partial charge in [0, 0.05) is 12.1 Å².